The van der Waals surface area contributed by atoms with E-state index in [1.54, 1.807) is 17.0 Å². The van der Waals surface area contributed by atoms with Crippen LogP contribution >= 0.6 is 0 Å². The topological polar surface area (TPSA) is 48.0 Å². The Kier molecular flexibility index (Phi) is 3.85. The number of hydrogen-bond acceptors (Lipinski definition) is 3. The molecule has 0 saturated heterocycles. The molecule has 2 aromatic heterocycles. The lowest BCUT2D eigenvalue weighted by molar-refractivity contribution is 0.600. The van der Waals surface area contributed by atoms with Crippen molar-refractivity contribution < 1.29 is 4.39 Å². The Hall–Kier alpha value is -3.28. The van der Waals surface area contributed by atoms with Gasteiger partial charge in [0.15, 0.2) is 0 Å². The largest absolute Gasteiger partial charge is 0.340 e. The summed E-state index contributed by atoms with van der Waals surface area (Å²) in [6.07, 6.45) is 4.85. The highest BCUT2D eigenvalue weighted by Crippen LogP contribution is 2.26. The zero-order chi connectivity index (χ0) is 17.2. The second-order valence-electron chi connectivity index (χ2n) is 5.78. The summed E-state index contributed by atoms with van der Waals surface area (Å²) in [5.74, 6) is -0.195. The summed E-state index contributed by atoms with van der Waals surface area (Å²) in [4.78, 5) is 0. The smallest absolute Gasteiger partial charge is 0.141 e. The highest BCUT2D eigenvalue weighted by Gasteiger charge is 2.13. The fraction of sp³-hybridized carbons (Fsp3) is 0.105. The number of hydrogen-bond donors (Lipinski definition) is 0. The van der Waals surface area contributed by atoms with Crippen molar-refractivity contribution in [3.05, 3.63) is 83.8 Å². The predicted molar refractivity (Wildman–Crippen MR) is 95.2 cm³/mol. The molecule has 0 atom stereocenters. The quantitative estimate of drug-likeness (QED) is 0.536. The van der Waals surface area contributed by atoms with Gasteiger partial charge in [-0.1, -0.05) is 36.4 Å². The highest BCUT2D eigenvalue weighted by atomic mass is 19.1. The van der Waals surface area contributed by atoms with Gasteiger partial charge in [-0.25, -0.2) is 9.07 Å². The number of halogens is 1. The third-order valence-corrected chi connectivity index (χ3v) is 4.29. The van der Waals surface area contributed by atoms with Crippen LogP contribution in [0, 0.1) is 12.7 Å². The Bertz CT molecular complexity index is 1050. The van der Waals surface area contributed by atoms with Gasteiger partial charge < -0.3 is 4.57 Å². The van der Waals surface area contributed by atoms with Gasteiger partial charge in [0.1, 0.15) is 18.5 Å². The van der Waals surface area contributed by atoms with Crippen molar-refractivity contribution in [1.29, 1.82) is 0 Å². The molecule has 0 aliphatic heterocycles. The molecule has 5 nitrogen and oxygen atoms in total. The van der Waals surface area contributed by atoms with Crippen molar-refractivity contribution in [3.8, 4) is 0 Å². The van der Waals surface area contributed by atoms with Gasteiger partial charge in [0.2, 0.25) is 0 Å². The van der Waals surface area contributed by atoms with Crippen molar-refractivity contribution in [2.75, 3.05) is 0 Å². The third-order valence-electron chi connectivity index (χ3n) is 4.29. The van der Waals surface area contributed by atoms with Crippen molar-refractivity contribution in [1.82, 2.24) is 19.4 Å². The third kappa shape index (κ3) is 2.82. The summed E-state index contributed by atoms with van der Waals surface area (Å²) in [6.45, 7) is 2.49. The summed E-state index contributed by atoms with van der Waals surface area (Å²) >= 11 is 0. The van der Waals surface area contributed by atoms with E-state index in [1.807, 2.05) is 43.3 Å². The molecule has 4 rings (SSSR count). The first kappa shape index (κ1) is 15.3. The first-order valence-electron chi connectivity index (χ1n) is 7.94. The van der Waals surface area contributed by atoms with Gasteiger partial charge in [-0.3, -0.25) is 0 Å². The molecule has 2 aromatic carbocycles. The normalized spacial score (nSPS) is 11.6. The Labute approximate surface area is 144 Å². The molecule has 2 heterocycles. The van der Waals surface area contributed by atoms with Gasteiger partial charge in [-0.15, -0.1) is 10.2 Å². The highest BCUT2D eigenvalue weighted by molar-refractivity contribution is 6.01. The van der Waals surface area contributed by atoms with Crippen LogP contribution in [-0.2, 0) is 6.54 Å². The summed E-state index contributed by atoms with van der Waals surface area (Å²) in [6, 6.07) is 14.9. The SMILES string of the molecule is Cc1c(/C=N\n2cnnc2)c2ccccc2n1Cc1ccccc1F. The van der Waals surface area contributed by atoms with E-state index in [1.165, 1.54) is 18.7 Å². The zero-order valence-electron chi connectivity index (χ0n) is 13.7. The van der Waals surface area contributed by atoms with E-state index >= 15 is 0 Å². The van der Waals surface area contributed by atoms with Crippen LogP contribution in [0.2, 0.25) is 0 Å². The molecule has 0 aliphatic carbocycles. The molecule has 0 spiro atoms. The van der Waals surface area contributed by atoms with Gasteiger partial charge in [0.05, 0.1) is 12.8 Å². The molecule has 6 heteroatoms. The molecule has 0 aliphatic rings. The fourth-order valence-corrected chi connectivity index (χ4v) is 3.00. The number of benzene rings is 2. The Morgan fingerprint density at radius 3 is 2.56 bits per heavy atom. The summed E-state index contributed by atoms with van der Waals surface area (Å²) in [5, 5.41) is 12.9. The summed E-state index contributed by atoms with van der Waals surface area (Å²) in [5.41, 5.74) is 3.74. The van der Waals surface area contributed by atoms with E-state index in [0.29, 0.717) is 12.1 Å². The van der Waals surface area contributed by atoms with Crippen LogP contribution in [-0.4, -0.2) is 25.7 Å². The summed E-state index contributed by atoms with van der Waals surface area (Å²) < 4.78 is 17.7. The molecule has 124 valence electrons. The van der Waals surface area contributed by atoms with Crippen LogP contribution in [0.25, 0.3) is 10.9 Å². The molecule has 0 bridgehead atoms. The number of fused-ring (bicyclic) bond motifs is 1. The number of para-hydroxylation sites is 1. The van der Waals surface area contributed by atoms with E-state index in [2.05, 4.69) is 19.9 Å². The lowest BCUT2D eigenvalue weighted by Gasteiger charge is -2.09. The van der Waals surface area contributed by atoms with Gasteiger partial charge >= 0.3 is 0 Å². The minimum absolute atomic E-state index is 0.195. The molecular weight excluding hydrogens is 317 g/mol. The van der Waals surface area contributed by atoms with E-state index < -0.39 is 0 Å². The van der Waals surface area contributed by atoms with Crippen LogP contribution in [0.1, 0.15) is 16.8 Å². The molecule has 0 N–H and O–H groups in total. The van der Waals surface area contributed by atoms with Crippen LogP contribution in [0.5, 0.6) is 0 Å². The lowest BCUT2D eigenvalue weighted by Crippen LogP contribution is -2.04. The van der Waals surface area contributed by atoms with E-state index in [9.17, 15) is 4.39 Å². The fourth-order valence-electron chi connectivity index (χ4n) is 3.00. The van der Waals surface area contributed by atoms with Crippen LogP contribution in [0.4, 0.5) is 4.39 Å². The van der Waals surface area contributed by atoms with Crippen LogP contribution < -0.4 is 0 Å². The lowest BCUT2D eigenvalue weighted by atomic mass is 10.1. The minimum Gasteiger partial charge on any atom is -0.340 e. The molecule has 25 heavy (non-hydrogen) atoms. The average Bonchev–Trinajstić information content (AvgIpc) is 3.23. The maximum atomic E-state index is 14.1. The van der Waals surface area contributed by atoms with Gasteiger partial charge in [-0.2, -0.15) is 5.10 Å². The maximum absolute atomic E-state index is 14.1. The van der Waals surface area contributed by atoms with Crippen LogP contribution in [0.15, 0.2) is 66.3 Å². The first-order valence-corrected chi connectivity index (χ1v) is 7.94. The Morgan fingerprint density at radius 1 is 1.04 bits per heavy atom. The molecule has 0 radical (unpaired) electrons. The molecule has 0 fully saturated rings. The Morgan fingerprint density at radius 2 is 1.76 bits per heavy atom. The number of aromatic nitrogens is 4. The van der Waals surface area contributed by atoms with Crippen molar-refractivity contribution >= 4 is 17.1 Å². The Balaban J connectivity index is 1.82. The number of nitrogens with zero attached hydrogens (tertiary/aromatic N) is 5. The van der Waals surface area contributed by atoms with Gasteiger partial charge in [0, 0.05) is 27.7 Å². The second kappa shape index (κ2) is 6.32. The van der Waals surface area contributed by atoms with Crippen molar-refractivity contribution in [2.24, 2.45) is 5.10 Å². The molecule has 0 saturated carbocycles. The van der Waals surface area contributed by atoms with E-state index in [0.717, 1.165) is 22.2 Å². The maximum Gasteiger partial charge on any atom is 0.141 e. The van der Waals surface area contributed by atoms with E-state index in [-0.39, 0.29) is 5.82 Å². The van der Waals surface area contributed by atoms with Crippen LogP contribution in [0.3, 0.4) is 0 Å². The van der Waals surface area contributed by atoms with Gasteiger partial charge in [0.25, 0.3) is 0 Å². The van der Waals surface area contributed by atoms with Crippen molar-refractivity contribution in [3.63, 3.8) is 0 Å². The molecular formula is C19H16FN5. The first-order chi connectivity index (χ1) is 12.2. The number of rotatable bonds is 4. The average molecular weight is 333 g/mol. The standard InChI is InChI=1S/C19H16FN5/c1-14-17(10-23-24-12-21-22-13-24)16-7-3-5-9-19(16)25(14)11-15-6-2-4-8-18(15)20/h2-10,12-13H,11H2,1H3/b23-10-. The molecule has 0 amide bonds. The minimum atomic E-state index is -0.195. The zero-order valence-corrected chi connectivity index (χ0v) is 13.7. The second-order valence-corrected chi connectivity index (χ2v) is 5.78. The van der Waals surface area contributed by atoms with Crippen molar-refractivity contribution in [2.45, 2.75) is 13.5 Å². The summed E-state index contributed by atoms with van der Waals surface area (Å²) in [7, 11) is 0. The van der Waals surface area contributed by atoms with E-state index in [4.69, 9.17) is 0 Å². The molecule has 4 aromatic rings. The monoisotopic (exact) mass is 333 g/mol. The molecule has 0 unspecified atom stereocenters. The predicted octanol–water partition coefficient (Wildman–Crippen LogP) is 3.61. The van der Waals surface area contributed by atoms with Gasteiger partial charge in [-0.05, 0) is 19.1 Å².